The van der Waals surface area contributed by atoms with Gasteiger partial charge in [0.05, 0.1) is 5.69 Å². The Labute approximate surface area is 125 Å². The van der Waals surface area contributed by atoms with E-state index in [1.807, 2.05) is 0 Å². The lowest BCUT2D eigenvalue weighted by Gasteiger charge is -2.32. The van der Waals surface area contributed by atoms with E-state index in [4.69, 9.17) is 0 Å². The summed E-state index contributed by atoms with van der Waals surface area (Å²) in [6.45, 7) is 5.93. The smallest absolute Gasteiger partial charge is 0.0631 e. The normalized spacial score (nSPS) is 30.5. The number of piperidine rings is 1. The Bertz CT molecular complexity index is 438. The van der Waals surface area contributed by atoms with Gasteiger partial charge in [-0.2, -0.15) is 0 Å². The maximum absolute atomic E-state index is 3.75. The minimum Gasteiger partial charge on any atom is -0.380 e. The highest BCUT2D eigenvalue weighted by Crippen LogP contribution is 2.36. The second-order valence-electron chi connectivity index (χ2n) is 5.49. The monoisotopic (exact) mass is 372 g/mol. The van der Waals surface area contributed by atoms with Crippen molar-refractivity contribution in [1.29, 1.82) is 0 Å². The fraction of sp³-hybridized carbons (Fsp3) is 0.571. The van der Waals surface area contributed by atoms with Crippen molar-refractivity contribution in [2.75, 3.05) is 25.0 Å². The number of hydrogen-bond donors (Lipinski definition) is 1. The number of nitrogens with one attached hydrogen (secondary N) is 1. The Morgan fingerprint density at radius 3 is 2.56 bits per heavy atom. The van der Waals surface area contributed by atoms with Gasteiger partial charge in [-0.3, -0.25) is 0 Å². The molecule has 2 heterocycles. The molecule has 0 aromatic heterocycles. The Balaban J connectivity index is 1.80. The number of hydrogen-bond acceptors (Lipinski definition) is 2. The molecule has 1 aromatic carbocycles. The number of aryl methyl sites for hydroxylation is 1. The molecule has 2 saturated heterocycles. The second-order valence-corrected chi connectivity index (χ2v) is 7.20. The zero-order valence-electron chi connectivity index (χ0n) is 10.5. The summed E-state index contributed by atoms with van der Waals surface area (Å²) in [5, 5.41) is 3.75. The van der Waals surface area contributed by atoms with Crippen LogP contribution in [0.15, 0.2) is 21.1 Å². The second kappa shape index (κ2) is 5.14. The van der Waals surface area contributed by atoms with Gasteiger partial charge >= 0.3 is 0 Å². The summed E-state index contributed by atoms with van der Waals surface area (Å²) in [6, 6.07) is 4.98. The molecule has 2 aliphatic rings. The zero-order chi connectivity index (χ0) is 12.7. The highest BCUT2D eigenvalue weighted by atomic mass is 79.9. The van der Waals surface area contributed by atoms with Gasteiger partial charge in [0.25, 0.3) is 0 Å². The van der Waals surface area contributed by atoms with E-state index in [1.54, 1.807) is 0 Å². The minimum absolute atomic E-state index is 0.624. The van der Waals surface area contributed by atoms with E-state index in [2.05, 4.69) is 61.1 Å². The molecule has 0 amide bonds. The van der Waals surface area contributed by atoms with Crippen LogP contribution in [-0.2, 0) is 0 Å². The van der Waals surface area contributed by atoms with Crippen molar-refractivity contribution in [2.24, 2.45) is 5.92 Å². The van der Waals surface area contributed by atoms with Crippen LogP contribution in [0.5, 0.6) is 0 Å². The van der Waals surface area contributed by atoms with Crippen LogP contribution in [0.4, 0.5) is 5.69 Å². The molecule has 0 spiro atoms. The summed E-state index contributed by atoms with van der Waals surface area (Å²) in [4.78, 5) is 2.59. The molecule has 2 nitrogen and oxygen atoms in total. The highest BCUT2D eigenvalue weighted by Gasteiger charge is 2.34. The third-order valence-electron chi connectivity index (χ3n) is 4.15. The average Bonchev–Trinajstić information content (AvgIpc) is 2.69. The molecular weight excluding hydrogens is 356 g/mol. The summed E-state index contributed by atoms with van der Waals surface area (Å²) in [7, 11) is 0. The van der Waals surface area contributed by atoms with Gasteiger partial charge in [-0.1, -0.05) is 0 Å². The van der Waals surface area contributed by atoms with Gasteiger partial charge < -0.3 is 10.2 Å². The van der Waals surface area contributed by atoms with Crippen molar-refractivity contribution in [3.63, 3.8) is 0 Å². The van der Waals surface area contributed by atoms with E-state index in [-0.39, 0.29) is 0 Å². The molecule has 3 atom stereocenters. The Morgan fingerprint density at radius 2 is 1.83 bits per heavy atom. The van der Waals surface area contributed by atoms with Gasteiger partial charge in [0.1, 0.15) is 0 Å². The van der Waals surface area contributed by atoms with E-state index >= 15 is 0 Å². The maximum Gasteiger partial charge on any atom is 0.0631 e. The number of anilines is 1. The number of fused-ring (bicyclic) bond motifs is 2. The fourth-order valence-corrected chi connectivity index (χ4v) is 4.81. The summed E-state index contributed by atoms with van der Waals surface area (Å²) in [5.41, 5.74) is 2.49. The van der Waals surface area contributed by atoms with Gasteiger partial charge in [0, 0.05) is 28.1 Å². The molecular formula is C14H18Br2N2. The quantitative estimate of drug-likeness (QED) is 0.841. The van der Waals surface area contributed by atoms with Crippen molar-refractivity contribution in [1.82, 2.24) is 4.90 Å². The summed E-state index contributed by atoms with van der Waals surface area (Å²) >= 11 is 7.35. The fourth-order valence-electron chi connectivity index (χ4n) is 3.16. The molecule has 0 aliphatic carbocycles. The van der Waals surface area contributed by atoms with Crippen molar-refractivity contribution in [3.8, 4) is 0 Å². The SMILES string of the molecule is Cc1cc(Br)c(NC2CCN3CCC2C3)c(Br)c1. The Morgan fingerprint density at radius 1 is 1.17 bits per heavy atom. The first-order valence-electron chi connectivity index (χ1n) is 6.58. The first-order valence-corrected chi connectivity index (χ1v) is 8.16. The van der Waals surface area contributed by atoms with E-state index in [1.165, 1.54) is 43.7 Å². The standard InChI is InChI=1S/C14H18Br2N2/c1-9-6-11(15)14(12(16)7-9)17-13-3-5-18-4-2-10(13)8-18/h6-7,10,13,17H,2-5,8H2,1H3. The van der Waals surface area contributed by atoms with Crippen molar-refractivity contribution in [3.05, 3.63) is 26.6 Å². The number of halogens is 2. The topological polar surface area (TPSA) is 15.3 Å². The van der Waals surface area contributed by atoms with Gasteiger partial charge in [-0.15, -0.1) is 0 Å². The first-order chi connectivity index (χ1) is 8.63. The molecule has 2 aliphatic heterocycles. The largest absolute Gasteiger partial charge is 0.380 e. The molecule has 0 radical (unpaired) electrons. The lowest BCUT2D eigenvalue weighted by Crippen LogP contribution is -2.39. The minimum atomic E-state index is 0.624. The lowest BCUT2D eigenvalue weighted by molar-refractivity contribution is 0.255. The molecule has 18 heavy (non-hydrogen) atoms. The Kier molecular flexibility index (Phi) is 3.70. The highest BCUT2D eigenvalue weighted by molar-refractivity contribution is 9.11. The molecule has 2 fully saturated rings. The average molecular weight is 374 g/mol. The summed E-state index contributed by atoms with van der Waals surface area (Å²) in [6.07, 6.45) is 2.61. The van der Waals surface area contributed by atoms with Crippen LogP contribution in [0.1, 0.15) is 18.4 Å². The zero-order valence-corrected chi connectivity index (χ0v) is 13.7. The number of nitrogens with zero attached hydrogens (tertiary/aromatic N) is 1. The van der Waals surface area contributed by atoms with Crippen molar-refractivity contribution in [2.45, 2.75) is 25.8 Å². The van der Waals surface area contributed by atoms with Crippen LogP contribution in [0.2, 0.25) is 0 Å². The molecule has 2 bridgehead atoms. The van der Waals surface area contributed by atoms with Gasteiger partial charge in [-0.25, -0.2) is 0 Å². The molecule has 4 heteroatoms. The first kappa shape index (κ1) is 12.9. The lowest BCUT2D eigenvalue weighted by atomic mass is 9.94. The van der Waals surface area contributed by atoms with E-state index in [9.17, 15) is 0 Å². The molecule has 3 unspecified atom stereocenters. The summed E-state index contributed by atoms with van der Waals surface area (Å²) in [5.74, 6) is 0.818. The third-order valence-corrected chi connectivity index (χ3v) is 5.40. The van der Waals surface area contributed by atoms with E-state index in [0.717, 1.165) is 14.9 Å². The Hall–Kier alpha value is -0.0600. The predicted octanol–water partition coefficient (Wildman–Crippen LogP) is 4.03. The molecule has 98 valence electrons. The maximum atomic E-state index is 3.75. The third kappa shape index (κ3) is 2.47. The van der Waals surface area contributed by atoms with Crippen molar-refractivity contribution >= 4 is 37.5 Å². The van der Waals surface area contributed by atoms with E-state index < -0.39 is 0 Å². The summed E-state index contributed by atoms with van der Waals surface area (Å²) < 4.78 is 2.32. The molecule has 0 saturated carbocycles. The predicted molar refractivity (Wildman–Crippen MR) is 83.2 cm³/mol. The van der Waals surface area contributed by atoms with Crippen molar-refractivity contribution < 1.29 is 0 Å². The molecule has 1 N–H and O–H groups in total. The van der Waals surface area contributed by atoms with Crippen LogP contribution >= 0.6 is 31.9 Å². The molecule has 1 aromatic rings. The number of rotatable bonds is 2. The van der Waals surface area contributed by atoms with Gasteiger partial charge in [-0.05, 0) is 81.8 Å². The van der Waals surface area contributed by atoms with Crippen LogP contribution in [0.3, 0.4) is 0 Å². The van der Waals surface area contributed by atoms with E-state index in [0.29, 0.717) is 6.04 Å². The van der Waals surface area contributed by atoms with Crippen LogP contribution in [-0.4, -0.2) is 30.6 Å². The molecule has 3 rings (SSSR count). The van der Waals surface area contributed by atoms with Gasteiger partial charge in [0.2, 0.25) is 0 Å². The van der Waals surface area contributed by atoms with Crippen LogP contribution in [0, 0.1) is 12.8 Å². The van der Waals surface area contributed by atoms with Crippen LogP contribution < -0.4 is 5.32 Å². The van der Waals surface area contributed by atoms with Gasteiger partial charge in [0.15, 0.2) is 0 Å². The number of benzene rings is 1. The van der Waals surface area contributed by atoms with Crippen LogP contribution in [0.25, 0.3) is 0 Å².